The first kappa shape index (κ1) is 15.8. The molecule has 0 bridgehead atoms. The zero-order chi connectivity index (χ0) is 16.2. The lowest BCUT2D eigenvalue weighted by atomic mass is 9.90. The summed E-state index contributed by atoms with van der Waals surface area (Å²) < 4.78 is 1.93. The van der Waals surface area contributed by atoms with Crippen molar-refractivity contribution < 1.29 is 9.59 Å². The summed E-state index contributed by atoms with van der Waals surface area (Å²) in [6.07, 6.45) is 8.78. The third-order valence-corrected chi connectivity index (χ3v) is 4.95. The minimum Gasteiger partial charge on any atom is -0.354 e. The molecule has 1 saturated carbocycles. The molecule has 7 heteroatoms. The van der Waals surface area contributed by atoms with Crippen LogP contribution in [0.1, 0.15) is 45.1 Å². The normalized spacial score (nSPS) is 31.3. The summed E-state index contributed by atoms with van der Waals surface area (Å²) in [4.78, 5) is 24.3. The second kappa shape index (κ2) is 7.02. The summed E-state index contributed by atoms with van der Waals surface area (Å²) in [5.74, 6) is 0.0638. The standard InChI is InChI=1S/C16H25N5O2/c1-11-7-9-17-15(22)14(11)20-16(23)19-12-5-2-3-6-13(12)21-10-4-8-18-21/h4,8,10-14H,2-3,5-7,9H2,1H3,(H,17,22)(H2,19,20,23)/t11-,12-,13-,14-/m1/s1. The number of hydrogen-bond acceptors (Lipinski definition) is 3. The molecule has 0 aromatic carbocycles. The van der Waals surface area contributed by atoms with E-state index < -0.39 is 6.04 Å². The van der Waals surface area contributed by atoms with Gasteiger partial charge in [0.15, 0.2) is 0 Å². The highest BCUT2D eigenvalue weighted by molar-refractivity contribution is 5.87. The minimum atomic E-state index is -0.449. The molecule has 1 aromatic heterocycles. The van der Waals surface area contributed by atoms with Gasteiger partial charge in [-0.25, -0.2) is 4.79 Å². The molecule has 2 heterocycles. The predicted molar refractivity (Wildman–Crippen MR) is 85.8 cm³/mol. The van der Waals surface area contributed by atoms with Crippen molar-refractivity contribution in [2.45, 2.75) is 57.2 Å². The zero-order valence-corrected chi connectivity index (χ0v) is 13.5. The fourth-order valence-electron chi connectivity index (χ4n) is 3.59. The summed E-state index contributed by atoms with van der Waals surface area (Å²) >= 11 is 0. The average Bonchev–Trinajstić information content (AvgIpc) is 3.06. The van der Waals surface area contributed by atoms with Gasteiger partial charge in [-0.05, 0) is 31.2 Å². The number of piperidine rings is 1. The van der Waals surface area contributed by atoms with Gasteiger partial charge in [-0.15, -0.1) is 0 Å². The van der Waals surface area contributed by atoms with E-state index in [0.29, 0.717) is 6.54 Å². The number of amides is 3. The number of carbonyl (C=O) groups is 2. The van der Waals surface area contributed by atoms with Crippen LogP contribution in [0.5, 0.6) is 0 Å². The maximum atomic E-state index is 12.4. The van der Waals surface area contributed by atoms with Crippen molar-refractivity contribution in [2.24, 2.45) is 5.92 Å². The SMILES string of the molecule is C[C@@H]1CCNC(=O)[C@@H]1NC(=O)N[C@@H]1CCCC[C@H]1n1cccn1. The number of carbonyl (C=O) groups excluding carboxylic acids is 2. The van der Waals surface area contributed by atoms with Crippen LogP contribution < -0.4 is 16.0 Å². The fraction of sp³-hybridized carbons (Fsp3) is 0.688. The molecule has 2 fully saturated rings. The van der Waals surface area contributed by atoms with E-state index in [-0.39, 0.29) is 29.9 Å². The van der Waals surface area contributed by atoms with Gasteiger partial charge in [-0.3, -0.25) is 9.48 Å². The molecular formula is C16H25N5O2. The van der Waals surface area contributed by atoms with E-state index in [4.69, 9.17) is 0 Å². The van der Waals surface area contributed by atoms with Crippen LogP contribution in [0.3, 0.4) is 0 Å². The smallest absolute Gasteiger partial charge is 0.315 e. The van der Waals surface area contributed by atoms with E-state index in [1.54, 1.807) is 6.20 Å². The van der Waals surface area contributed by atoms with Crippen LogP contribution >= 0.6 is 0 Å². The molecule has 126 valence electrons. The van der Waals surface area contributed by atoms with E-state index in [2.05, 4.69) is 21.0 Å². The average molecular weight is 319 g/mol. The van der Waals surface area contributed by atoms with Gasteiger partial charge < -0.3 is 16.0 Å². The molecular weight excluding hydrogens is 294 g/mol. The summed E-state index contributed by atoms with van der Waals surface area (Å²) in [5, 5.41) is 13.0. The Morgan fingerprint density at radius 1 is 1.30 bits per heavy atom. The minimum absolute atomic E-state index is 0.0469. The molecule has 1 aliphatic carbocycles. The fourth-order valence-corrected chi connectivity index (χ4v) is 3.59. The van der Waals surface area contributed by atoms with Crippen LogP contribution in [0.4, 0.5) is 4.79 Å². The van der Waals surface area contributed by atoms with Crippen molar-refractivity contribution in [1.29, 1.82) is 0 Å². The number of rotatable bonds is 3. The number of aromatic nitrogens is 2. The Labute approximate surface area is 136 Å². The number of hydrogen-bond donors (Lipinski definition) is 3. The van der Waals surface area contributed by atoms with Gasteiger partial charge in [0.1, 0.15) is 6.04 Å². The second-order valence-electron chi connectivity index (χ2n) is 6.60. The Bertz CT molecular complexity index is 545. The van der Waals surface area contributed by atoms with Crippen molar-refractivity contribution in [2.75, 3.05) is 6.54 Å². The second-order valence-corrected chi connectivity index (χ2v) is 6.60. The zero-order valence-electron chi connectivity index (χ0n) is 13.5. The highest BCUT2D eigenvalue weighted by atomic mass is 16.2. The van der Waals surface area contributed by atoms with Crippen LogP contribution in [0.15, 0.2) is 18.5 Å². The van der Waals surface area contributed by atoms with Gasteiger partial charge in [0.2, 0.25) is 5.91 Å². The van der Waals surface area contributed by atoms with Gasteiger partial charge >= 0.3 is 6.03 Å². The number of urea groups is 1. The van der Waals surface area contributed by atoms with Crippen molar-refractivity contribution >= 4 is 11.9 Å². The van der Waals surface area contributed by atoms with Crippen molar-refractivity contribution in [1.82, 2.24) is 25.7 Å². The van der Waals surface area contributed by atoms with Crippen LogP contribution in [0, 0.1) is 5.92 Å². The monoisotopic (exact) mass is 319 g/mol. The quantitative estimate of drug-likeness (QED) is 0.782. The number of nitrogens with zero attached hydrogens (tertiary/aromatic N) is 2. The van der Waals surface area contributed by atoms with E-state index in [9.17, 15) is 9.59 Å². The molecule has 23 heavy (non-hydrogen) atoms. The molecule has 3 N–H and O–H groups in total. The van der Waals surface area contributed by atoms with E-state index in [1.807, 2.05) is 23.9 Å². The van der Waals surface area contributed by atoms with Gasteiger partial charge in [0.25, 0.3) is 0 Å². The molecule has 1 aliphatic heterocycles. The van der Waals surface area contributed by atoms with Gasteiger partial charge in [0, 0.05) is 18.9 Å². The van der Waals surface area contributed by atoms with Crippen LogP contribution in [0.2, 0.25) is 0 Å². The molecule has 3 rings (SSSR count). The van der Waals surface area contributed by atoms with E-state index in [1.165, 1.54) is 0 Å². The lowest BCUT2D eigenvalue weighted by Gasteiger charge is -2.34. The first-order valence-corrected chi connectivity index (χ1v) is 8.49. The topological polar surface area (TPSA) is 88.0 Å². The van der Waals surface area contributed by atoms with Crippen molar-refractivity contribution in [3.63, 3.8) is 0 Å². The first-order valence-electron chi connectivity index (χ1n) is 8.49. The number of nitrogens with one attached hydrogen (secondary N) is 3. The van der Waals surface area contributed by atoms with Crippen LogP contribution in [0.25, 0.3) is 0 Å². The molecule has 1 aromatic rings. The highest BCUT2D eigenvalue weighted by Gasteiger charge is 2.32. The van der Waals surface area contributed by atoms with Crippen molar-refractivity contribution in [3.05, 3.63) is 18.5 Å². The summed E-state index contributed by atoms with van der Waals surface area (Å²) in [7, 11) is 0. The van der Waals surface area contributed by atoms with Gasteiger partial charge in [-0.1, -0.05) is 19.8 Å². The van der Waals surface area contributed by atoms with E-state index in [0.717, 1.165) is 32.1 Å². The van der Waals surface area contributed by atoms with Gasteiger partial charge in [-0.2, -0.15) is 5.10 Å². The first-order chi connectivity index (χ1) is 11.1. The molecule has 3 amide bonds. The highest BCUT2D eigenvalue weighted by Crippen LogP contribution is 2.28. The van der Waals surface area contributed by atoms with Crippen molar-refractivity contribution in [3.8, 4) is 0 Å². The van der Waals surface area contributed by atoms with Crippen LogP contribution in [-0.2, 0) is 4.79 Å². The Kier molecular flexibility index (Phi) is 4.83. The molecule has 0 unspecified atom stereocenters. The molecule has 4 atom stereocenters. The maximum absolute atomic E-state index is 12.4. The Balaban J connectivity index is 1.60. The molecule has 0 radical (unpaired) electrons. The van der Waals surface area contributed by atoms with E-state index >= 15 is 0 Å². The van der Waals surface area contributed by atoms with Crippen LogP contribution in [-0.4, -0.2) is 40.3 Å². The summed E-state index contributed by atoms with van der Waals surface area (Å²) in [5.41, 5.74) is 0. The lowest BCUT2D eigenvalue weighted by molar-refractivity contribution is -0.125. The summed E-state index contributed by atoms with van der Waals surface area (Å²) in [6.45, 7) is 2.68. The Morgan fingerprint density at radius 2 is 2.13 bits per heavy atom. The third-order valence-electron chi connectivity index (χ3n) is 4.95. The molecule has 0 spiro atoms. The third kappa shape index (κ3) is 3.65. The Hall–Kier alpha value is -2.05. The molecule has 2 aliphatic rings. The summed E-state index contributed by atoms with van der Waals surface area (Å²) in [6, 6.07) is 1.42. The maximum Gasteiger partial charge on any atom is 0.315 e. The largest absolute Gasteiger partial charge is 0.354 e. The molecule has 1 saturated heterocycles. The lowest BCUT2D eigenvalue weighted by Crippen LogP contribution is -2.58. The van der Waals surface area contributed by atoms with Gasteiger partial charge in [0.05, 0.1) is 12.1 Å². The predicted octanol–water partition coefficient (Wildman–Crippen LogP) is 1.19. The molecule has 7 nitrogen and oxygen atoms in total. The Morgan fingerprint density at radius 3 is 2.87 bits per heavy atom.